The molecule has 1 aliphatic rings. The Morgan fingerprint density at radius 3 is 2.42 bits per heavy atom. The second kappa shape index (κ2) is 6.78. The number of nitrogens with zero attached hydrogens (tertiary/aromatic N) is 1. The SMILES string of the molecule is CNC(=O)C1CCCCN(C(=O)OC(C)(C)C)CC1. The molecule has 2 amide bonds. The number of amides is 2. The van der Waals surface area contributed by atoms with E-state index in [0.717, 1.165) is 25.8 Å². The fourth-order valence-electron chi connectivity index (χ4n) is 2.24. The molecule has 1 rings (SSSR count). The first kappa shape index (κ1) is 15.8. The van der Waals surface area contributed by atoms with Crippen LogP contribution in [0.5, 0.6) is 0 Å². The Labute approximate surface area is 115 Å². The van der Waals surface area contributed by atoms with Crippen molar-refractivity contribution in [2.45, 2.75) is 52.1 Å². The first-order chi connectivity index (χ1) is 8.83. The Kier molecular flexibility index (Phi) is 5.63. The molecule has 1 aliphatic heterocycles. The summed E-state index contributed by atoms with van der Waals surface area (Å²) < 4.78 is 5.38. The van der Waals surface area contributed by atoms with Crippen LogP contribution in [-0.4, -0.2) is 42.6 Å². The molecule has 0 aliphatic carbocycles. The number of nitrogens with one attached hydrogen (secondary N) is 1. The number of hydrogen-bond acceptors (Lipinski definition) is 3. The predicted octanol–water partition coefficient (Wildman–Crippen LogP) is 2.16. The van der Waals surface area contributed by atoms with Crippen LogP contribution in [0.3, 0.4) is 0 Å². The molecule has 1 heterocycles. The molecule has 0 aromatic rings. The third kappa shape index (κ3) is 5.49. The van der Waals surface area contributed by atoms with Crippen molar-refractivity contribution in [3.05, 3.63) is 0 Å². The molecule has 110 valence electrons. The summed E-state index contributed by atoms with van der Waals surface area (Å²) in [5.74, 6) is 0.0845. The van der Waals surface area contributed by atoms with Crippen molar-refractivity contribution in [2.75, 3.05) is 20.1 Å². The topological polar surface area (TPSA) is 58.6 Å². The van der Waals surface area contributed by atoms with Gasteiger partial charge in [0.1, 0.15) is 5.60 Å². The Hall–Kier alpha value is -1.26. The molecule has 19 heavy (non-hydrogen) atoms. The fraction of sp³-hybridized carbons (Fsp3) is 0.857. The second-order valence-electron chi connectivity index (χ2n) is 6.06. The molecule has 0 aromatic heterocycles. The molecule has 1 fully saturated rings. The summed E-state index contributed by atoms with van der Waals surface area (Å²) in [7, 11) is 1.66. The predicted molar refractivity (Wildman–Crippen MR) is 73.8 cm³/mol. The summed E-state index contributed by atoms with van der Waals surface area (Å²) in [6.45, 7) is 6.90. The first-order valence-corrected chi connectivity index (χ1v) is 7.03. The quantitative estimate of drug-likeness (QED) is 0.794. The van der Waals surface area contributed by atoms with Gasteiger partial charge in [-0.3, -0.25) is 4.79 Å². The maximum absolute atomic E-state index is 12.0. The zero-order valence-electron chi connectivity index (χ0n) is 12.5. The van der Waals surface area contributed by atoms with Crippen molar-refractivity contribution in [1.29, 1.82) is 0 Å². The van der Waals surface area contributed by atoms with E-state index in [1.807, 2.05) is 20.8 Å². The fourth-order valence-corrected chi connectivity index (χ4v) is 2.24. The summed E-state index contributed by atoms with van der Waals surface area (Å²) in [6.07, 6.45) is 3.23. The van der Waals surface area contributed by atoms with Crippen LogP contribution in [0, 0.1) is 5.92 Å². The van der Waals surface area contributed by atoms with E-state index in [9.17, 15) is 9.59 Å². The molecule has 1 saturated heterocycles. The zero-order valence-corrected chi connectivity index (χ0v) is 12.5. The van der Waals surface area contributed by atoms with Crippen LogP contribution in [0.1, 0.15) is 46.5 Å². The zero-order chi connectivity index (χ0) is 14.5. The van der Waals surface area contributed by atoms with Gasteiger partial charge in [-0.25, -0.2) is 4.79 Å². The maximum Gasteiger partial charge on any atom is 0.410 e. The molecule has 5 heteroatoms. The molecule has 0 aromatic carbocycles. The van der Waals surface area contributed by atoms with Gasteiger partial charge in [0, 0.05) is 26.1 Å². The lowest BCUT2D eigenvalue weighted by Gasteiger charge is -2.30. The van der Waals surface area contributed by atoms with E-state index in [-0.39, 0.29) is 17.9 Å². The average molecular weight is 270 g/mol. The highest BCUT2D eigenvalue weighted by Gasteiger charge is 2.26. The summed E-state index contributed by atoms with van der Waals surface area (Å²) in [5.41, 5.74) is -0.473. The number of likely N-dealkylation sites (tertiary alicyclic amines) is 1. The summed E-state index contributed by atoms with van der Waals surface area (Å²) in [4.78, 5) is 25.4. The summed E-state index contributed by atoms with van der Waals surface area (Å²) in [5, 5.41) is 2.69. The number of rotatable bonds is 1. The van der Waals surface area contributed by atoms with Crippen LogP contribution in [0.15, 0.2) is 0 Å². The van der Waals surface area contributed by atoms with Crippen molar-refractivity contribution < 1.29 is 14.3 Å². The second-order valence-corrected chi connectivity index (χ2v) is 6.06. The average Bonchev–Trinajstić information content (AvgIpc) is 2.25. The Morgan fingerprint density at radius 2 is 1.84 bits per heavy atom. The smallest absolute Gasteiger partial charge is 0.410 e. The minimum Gasteiger partial charge on any atom is -0.444 e. The third-order valence-corrected chi connectivity index (χ3v) is 3.25. The summed E-state index contributed by atoms with van der Waals surface area (Å²) >= 11 is 0. The normalized spacial score (nSPS) is 21.3. The van der Waals surface area contributed by atoms with Crippen molar-refractivity contribution in [3.8, 4) is 0 Å². The number of carbonyl (C=O) groups is 2. The van der Waals surface area contributed by atoms with Gasteiger partial charge in [0.05, 0.1) is 0 Å². The van der Waals surface area contributed by atoms with Gasteiger partial charge in [0.2, 0.25) is 5.91 Å². The molecule has 1 N–H and O–H groups in total. The number of hydrogen-bond donors (Lipinski definition) is 1. The van der Waals surface area contributed by atoms with Gasteiger partial charge >= 0.3 is 6.09 Å². The molecule has 5 nitrogen and oxygen atoms in total. The van der Waals surface area contributed by atoms with E-state index in [4.69, 9.17) is 4.74 Å². The standard InChI is InChI=1S/C14H26N2O3/c1-14(2,3)19-13(18)16-9-6-5-7-11(8-10-16)12(17)15-4/h11H,5-10H2,1-4H3,(H,15,17). The molecular weight excluding hydrogens is 244 g/mol. The Morgan fingerprint density at radius 1 is 1.16 bits per heavy atom. The minimum atomic E-state index is -0.473. The lowest BCUT2D eigenvalue weighted by Crippen LogP contribution is -2.40. The lowest BCUT2D eigenvalue weighted by molar-refractivity contribution is -0.125. The molecule has 1 unspecified atom stereocenters. The maximum atomic E-state index is 12.0. The van der Waals surface area contributed by atoms with Gasteiger partial charge in [0.15, 0.2) is 0 Å². The molecule has 0 spiro atoms. The monoisotopic (exact) mass is 270 g/mol. The van der Waals surface area contributed by atoms with Crippen LogP contribution in [0.25, 0.3) is 0 Å². The van der Waals surface area contributed by atoms with E-state index in [0.29, 0.717) is 13.0 Å². The first-order valence-electron chi connectivity index (χ1n) is 7.03. The van der Waals surface area contributed by atoms with Crippen molar-refractivity contribution >= 4 is 12.0 Å². The van der Waals surface area contributed by atoms with Crippen LogP contribution in [-0.2, 0) is 9.53 Å². The van der Waals surface area contributed by atoms with Gasteiger partial charge in [-0.05, 0) is 40.0 Å². The largest absolute Gasteiger partial charge is 0.444 e. The third-order valence-electron chi connectivity index (χ3n) is 3.25. The van der Waals surface area contributed by atoms with Crippen LogP contribution in [0.4, 0.5) is 4.79 Å². The lowest BCUT2D eigenvalue weighted by atomic mass is 9.95. The molecule has 0 bridgehead atoms. The van der Waals surface area contributed by atoms with Crippen molar-refractivity contribution in [2.24, 2.45) is 5.92 Å². The highest BCUT2D eigenvalue weighted by atomic mass is 16.6. The highest BCUT2D eigenvalue weighted by molar-refractivity contribution is 5.78. The van der Waals surface area contributed by atoms with Crippen LogP contribution < -0.4 is 5.32 Å². The van der Waals surface area contributed by atoms with E-state index >= 15 is 0 Å². The van der Waals surface area contributed by atoms with E-state index < -0.39 is 5.60 Å². The van der Waals surface area contributed by atoms with Crippen molar-refractivity contribution in [1.82, 2.24) is 10.2 Å². The Bertz CT molecular complexity index is 323. The molecule has 1 atom stereocenters. The highest BCUT2D eigenvalue weighted by Crippen LogP contribution is 2.19. The van der Waals surface area contributed by atoms with E-state index in [1.165, 1.54) is 0 Å². The molecule has 0 saturated carbocycles. The van der Waals surface area contributed by atoms with Gasteiger partial charge in [-0.15, -0.1) is 0 Å². The van der Waals surface area contributed by atoms with Crippen molar-refractivity contribution in [3.63, 3.8) is 0 Å². The van der Waals surface area contributed by atoms with Gasteiger partial charge in [-0.2, -0.15) is 0 Å². The van der Waals surface area contributed by atoms with Gasteiger partial charge in [-0.1, -0.05) is 6.42 Å². The van der Waals surface area contributed by atoms with E-state index in [1.54, 1.807) is 11.9 Å². The molecular formula is C14H26N2O3. The molecule has 0 radical (unpaired) electrons. The number of carbonyl (C=O) groups excluding carboxylic acids is 2. The number of ether oxygens (including phenoxy) is 1. The van der Waals surface area contributed by atoms with Gasteiger partial charge in [0.25, 0.3) is 0 Å². The summed E-state index contributed by atoms with van der Waals surface area (Å²) in [6, 6.07) is 0. The van der Waals surface area contributed by atoms with Gasteiger partial charge < -0.3 is 15.0 Å². The minimum absolute atomic E-state index is 0.00948. The van der Waals surface area contributed by atoms with Crippen LogP contribution in [0.2, 0.25) is 0 Å². The van der Waals surface area contributed by atoms with Crippen LogP contribution >= 0.6 is 0 Å². The Balaban J connectivity index is 2.56. The van der Waals surface area contributed by atoms with E-state index in [2.05, 4.69) is 5.32 Å².